The average Bonchev–Trinajstić information content (AvgIpc) is 2.88. The number of esters is 1. The SMILES string of the molecule is C=CC1CN2CCC1CC2[C@@H](OC(C)=O)c1ccnc2ccc(OC)cc12.C[n+]1ccccc1Cl.[I-]. The lowest BCUT2D eigenvalue weighted by Gasteiger charge is -2.51. The van der Waals surface area contributed by atoms with Gasteiger partial charge in [0, 0.05) is 42.7 Å². The van der Waals surface area contributed by atoms with Crippen molar-refractivity contribution in [1.82, 2.24) is 9.88 Å². The monoisotopic (exact) mass is 621 g/mol. The van der Waals surface area contributed by atoms with Gasteiger partial charge in [0.05, 0.1) is 18.7 Å². The van der Waals surface area contributed by atoms with Gasteiger partial charge >= 0.3 is 5.97 Å². The molecule has 0 amide bonds. The van der Waals surface area contributed by atoms with E-state index in [4.69, 9.17) is 21.1 Å². The van der Waals surface area contributed by atoms with Crippen molar-refractivity contribution in [3.63, 3.8) is 0 Å². The van der Waals surface area contributed by atoms with Gasteiger partial charge in [0.25, 0.3) is 5.15 Å². The Balaban J connectivity index is 0.000000344. The van der Waals surface area contributed by atoms with Gasteiger partial charge in [0.2, 0.25) is 0 Å². The summed E-state index contributed by atoms with van der Waals surface area (Å²) in [7, 11) is 3.56. The highest BCUT2D eigenvalue weighted by Crippen LogP contribution is 2.43. The summed E-state index contributed by atoms with van der Waals surface area (Å²) >= 11 is 5.67. The van der Waals surface area contributed by atoms with E-state index in [1.165, 1.54) is 13.3 Å². The second-order valence-electron chi connectivity index (χ2n) is 9.19. The molecular formula is C28H33ClIN3O3. The molecule has 0 spiro atoms. The maximum absolute atomic E-state index is 12.0. The van der Waals surface area contributed by atoms with E-state index in [1.54, 1.807) is 13.3 Å². The predicted molar refractivity (Wildman–Crippen MR) is 137 cm³/mol. The van der Waals surface area contributed by atoms with Crippen LogP contribution in [0, 0.1) is 11.8 Å². The maximum atomic E-state index is 12.0. The first kappa shape index (κ1) is 28.3. The van der Waals surface area contributed by atoms with Gasteiger partial charge in [0.15, 0.2) is 6.20 Å². The number of carbonyl (C=O) groups is 1. The molecule has 0 aliphatic carbocycles. The molecule has 3 aromatic rings. The third-order valence-corrected chi connectivity index (χ3v) is 7.47. The van der Waals surface area contributed by atoms with E-state index in [0.29, 0.717) is 11.8 Å². The molecule has 8 heteroatoms. The van der Waals surface area contributed by atoms with E-state index in [2.05, 4.69) is 22.5 Å². The van der Waals surface area contributed by atoms with Crippen LogP contribution in [0.2, 0.25) is 5.15 Å². The maximum Gasteiger partial charge on any atom is 0.303 e. The summed E-state index contributed by atoms with van der Waals surface area (Å²) < 4.78 is 13.2. The van der Waals surface area contributed by atoms with E-state index < -0.39 is 0 Å². The summed E-state index contributed by atoms with van der Waals surface area (Å²) in [5.41, 5.74) is 1.88. The molecule has 1 aromatic carbocycles. The quantitative estimate of drug-likeness (QED) is 0.143. The molecule has 2 aromatic heterocycles. The van der Waals surface area contributed by atoms with Crippen LogP contribution in [-0.4, -0.2) is 42.1 Å². The van der Waals surface area contributed by atoms with Crippen molar-refractivity contribution in [3.8, 4) is 5.75 Å². The van der Waals surface area contributed by atoms with Gasteiger partial charge in [0.1, 0.15) is 18.9 Å². The Bertz CT molecular complexity index is 1190. The molecule has 5 atom stereocenters. The smallest absolute Gasteiger partial charge is 0.303 e. The second kappa shape index (κ2) is 12.8. The number of hydrogen-bond acceptors (Lipinski definition) is 5. The van der Waals surface area contributed by atoms with Gasteiger partial charge in [-0.25, -0.2) is 0 Å². The zero-order chi connectivity index (χ0) is 24.9. The van der Waals surface area contributed by atoms with Crippen molar-refractivity contribution in [2.45, 2.75) is 31.9 Å². The molecule has 4 unspecified atom stereocenters. The van der Waals surface area contributed by atoms with Crippen LogP contribution in [0.5, 0.6) is 5.75 Å². The van der Waals surface area contributed by atoms with Crippen LogP contribution in [-0.2, 0) is 16.6 Å². The van der Waals surface area contributed by atoms with Crippen molar-refractivity contribution in [2.75, 3.05) is 20.2 Å². The van der Waals surface area contributed by atoms with Crippen LogP contribution in [0.4, 0.5) is 0 Å². The third kappa shape index (κ3) is 6.36. The first-order valence-corrected chi connectivity index (χ1v) is 12.4. The van der Waals surface area contributed by atoms with Crippen LogP contribution in [0.1, 0.15) is 31.4 Å². The molecule has 3 saturated heterocycles. The Kier molecular flexibility index (Phi) is 10.1. The molecule has 3 aliphatic heterocycles. The number of ether oxygens (including phenoxy) is 2. The highest BCUT2D eigenvalue weighted by atomic mass is 127. The van der Waals surface area contributed by atoms with Crippen LogP contribution in [0.25, 0.3) is 10.9 Å². The first-order chi connectivity index (χ1) is 16.9. The van der Waals surface area contributed by atoms with Gasteiger partial charge in [-0.05, 0) is 73.2 Å². The van der Waals surface area contributed by atoms with Crippen LogP contribution >= 0.6 is 11.6 Å². The van der Waals surface area contributed by atoms with Crippen molar-refractivity contribution in [3.05, 3.63) is 78.2 Å². The fourth-order valence-electron chi connectivity index (χ4n) is 5.24. The lowest BCUT2D eigenvalue weighted by molar-refractivity contribution is -0.669. The summed E-state index contributed by atoms with van der Waals surface area (Å²) in [6, 6.07) is 13.7. The van der Waals surface area contributed by atoms with Gasteiger partial charge < -0.3 is 33.5 Å². The second-order valence-corrected chi connectivity index (χ2v) is 9.58. The summed E-state index contributed by atoms with van der Waals surface area (Å²) in [6.07, 6.45) is 7.67. The number of methoxy groups -OCH3 is 1. The number of halogens is 2. The Morgan fingerprint density at radius 1 is 1.31 bits per heavy atom. The van der Waals surface area contributed by atoms with E-state index in [-0.39, 0.29) is 42.1 Å². The summed E-state index contributed by atoms with van der Waals surface area (Å²) in [4.78, 5) is 18.9. The first-order valence-electron chi connectivity index (χ1n) is 12.0. The molecule has 0 radical (unpaired) electrons. The minimum Gasteiger partial charge on any atom is -1.00 e. The molecule has 3 aliphatic rings. The van der Waals surface area contributed by atoms with Crippen molar-refractivity contribution in [2.24, 2.45) is 18.9 Å². The number of piperidine rings is 3. The van der Waals surface area contributed by atoms with E-state index >= 15 is 0 Å². The fraction of sp³-hybridized carbons (Fsp3) is 0.393. The van der Waals surface area contributed by atoms with Gasteiger partial charge in [-0.1, -0.05) is 6.08 Å². The zero-order valence-electron chi connectivity index (χ0n) is 20.9. The lowest BCUT2D eigenvalue weighted by Crippen LogP contribution is -3.00. The van der Waals surface area contributed by atoms with Crippen LogP contribution in [0.15, 0.2) is 67.5 Å². The molecule has 0 saturated carbocycles. The number of fused-ring (bicyclic) bond motifs is 4. The van der Waals surface area contributed by atoms with Gasteiger partial charge in [-0.15, -0.1) is 6.58 Å². The minimum absolute atomic E-state index is 0. The highest BCUT2D eigenvalue weighted by Gasteiger charge is 2.44. The van der Waals surface area contributed by atoms with Gasteiger partial charge in [-0.2, -0.15) is 4.57 Å². The largest absolute Gasteiger partial charge is 1.00 e. The Hall–Kier alpha value is -2.23. The molecule has 2 bridgehead atoms. The molecule has 0 N–H and O–H groups in total. The van der Waals surface area contributed by atoms with Crippen LogP contribution < -0.4 is 33.3 Å². The van der Waals surface area contributed by atoms with E-state index in [0.717, 1.165) is 46.9 Å². The molecule has 36 heavy (non-hydrogen) atoms. The lowest BCUT2D eigenvalue weighted by atomic mass is 9.73. The Morgan fingerprint density at radius 3 is 2.69 bits per heavy atom. The number of rotatable bonds is 5. The Morgan fingerprint density at radius 2 is 2.11 bits per heavy atom. The van der Waals surface area contributed by atoms with Crippen LogP contribution in [0.3, 0.4) is 0 Å². The number of aromatic nitrogens is 2. The van der Waals surface area contributed by atoms with Crippen molar-refractivity contribution >= 4 is 28.5 Å². The topological polar surface area (TPSA) is 55.5 Å². The van der Waals surface area contributed by atoms with Crippen molar-refractivity contribution < 1.29 is 42.8 Å². The van der Waals surface area contributed by atoms with E-state index in [1.807, 2.05) is 60.3 Å². The van der Waals surface area contributed by atoms with E-state index in [9.17, 15) is 4.79 Å². The molecule has 5 heterocycles. The number of hydrogen-bond donors (Lipinski definition) is 0. The molecule has 192 valence electrons. The number of aryl methyl sites for hydroxylation is 1. The molecule has 6 nitrogen and oxygen atoms in total. The summed E-state index contributed by atoms with van der Waals surface area (Å²) in [6.45, 7) is 7.53. The highest BCUT2D eigenvalue weighted by molar-refractivity contribution is 6.28. The molecular weight excluding hydrogens is 589 g/mol. The fourth-order valence-corrected chi connectivity index (χ4v) is 5.37. The molecule has 6 rings (SSSR count). The summed E-state index contributed by atoms with van der Waals surface area (Å²) in [5.74, 6) is 1.66. The third-order valence-electron chi connectivity index (χ3n) is 7.08. The standard InChI is InChI=1S/C22H26N2O3.C6H7ClN.HI/c1-4-15-13-24-10-8-16(15)11-21(24)22(27-14(2)25)18-7-9-23-20-6-5-17(26-3)12-19(18)20;1-8-5-3-2-4-6(8)7;/h4-7,9,12,15-16,21-22H,1,8,10-11,13H2,2-3H3;2-5H,1H3;1H/q;+1;/p-1/t15?,16?,21?,22-;;/m0../s1. The number of benzene rings is 1. The summed E-state index contributed by atoms with van der Waals surface area (Å²) in [5, 5.41) is 1.73. The number of carbonyl (C=O) groups excluding carboxylic acids is 1. The van der Waals surface area contributed by atoms with Crippen molar-refractivity contribution in [1.29, 1.82) is 0 Å². The number of pyridine rings is 2. The Labute approximate surface area is 235 Å². The molecule has 3 fully saturated rings. The minimum atomic E-state index is -0.311. The predicted octanol–water partition coefficient (Wildman–Crippen LogP) is 1.91. The van der Waals surface area contributed by atoms with Gasteiger partial charge in [-0.3, -0.25) is 14.7 Å². The number of nitrogens with zero attached hydrogens (tertiary/aromatic N) is 3. The zero-order valence-corrected chi connectivity index (χ0v) is 23.9. The normalized spacial score (nSPS) is 23.0. The average molecular weight is 622 g/mol.